The first kappa shape index (κ1) is 14.6. The van der Waals surface area contributed by atoms with Crippen molar-refractivity contribution in [1.29, 1.82) is 0 Å². The van der Waals surface area contributed by atoms with Crippen LogP contribution in [0.4, 0.5) is 10.5 Å². The van der Waals surface area contributed by atoms with Gasteiger partial charge in [0.05, 0.1) is 6.42 Å². The molecule has 19 heavy (non-hydrogen) atoms. The lowest BCUT2D eigenvalue weighted by Gasteiger charge is -2.06. The van der Waals surface area contributed by atoms with Crippen LogP contribution in [-0.4, -0.2) is 18.7 Å². The number of hydrogen-bond donors (Lipinski definition) is 2. The second kappa shape index (κ2) is 7.75. The molecule has 0 spiro atoms. The minimum atomic E-state index is -0.836. The topological polar surface area (TPSA) is 90.6 Å². The van der Waals surface area contributed by atoms with Crippen LogP contribution in [0.25, 0.3) is 0 Å². The van der Waals surface area contributed by atoms with Crippen LogP contribution in [0.2, 0.25) is 0 Å². The SMILES string of the molecule is C=CCOC(=O)NOC(=O)CCc1cccc(N)c1. The van der Waals surface area contributed by atoms with E-state index in [9.17, 15) is 9.59 Å². The summed E-state index contributed by atoms with van der Waals surface area (Å²) in [5.74, 6) is -0.557. The van der Waals surface area contributed by atoms with Crippen LogP contribution < -0.4 is 11.2 Å². The highest BCUT2D eigenvalue weighted by Crippen LogP contribution is 2.08. The molecule has 1 aromatic rings. The zero-order valence-electron chi connectivity index (χ0n) is 10.4. The summed E-state index contributed by atoms with van der Waals surface area (Å²) in [6.07, 6.45) is 1.18. The highest BCUT2D eigenvalue weighted by atomic mass is 16.7. The predicted molar refractivity (Wildman–Crippen MR) is 69.9 cm³/mol. The van der Waals surface area contributed by atoms with E-state index in [0.29, 0.717) is 12.1 Å². The van der Waals surface area contributed by atoms with Crippen molar-refractivity contribution in [1.82, 2.24) is 5.48 Å². The lowest BCUT2D eigenvalue weighted by molar-refractivity contribution is -0.149. The van der Waals surface area contributed by atoms with E-state index in [4.69, 9.17) is 5.73 Å². The van der Waals surface area contributed by atoms with Crippen molar-refractivity contribution in [3.05, 3.63) is 42.5 Å². The van der Waals surface area contributed by atoms with Crippen molar-refractivity contribution in [3.8, 4) is 0 Å². The van der Waals surface area contributed by atoms with Gasteiger partial charge in [-0.2, -0.15) is 0 Å². The summed E-state index contributed by atoms with van der Waals surface area (Å²) in [7, 11) is 0. The van der Waals surface area contributed by atoms with Gasteiger partial charge in [0.1, 0.15) is 6.61 Å². The fraction of sp³-hybridized carbons (Fsp3) is 0.231. The number of benzene rings is 1. The van der Waals surface area contributed by atoms with Crippen LogP contribution in [0.5, 0.6) is 0 Å². The van der Waals surface area contributed by atoms with E-state index in [2.05, 4.69) is 16.2 Å². The molecule has 0 aliphatic rings. The Kier molecular flexibility index (Phi) is 5.94. The third-order valence-corrected chi connectivity index (χ3v) is 2.15. The molecule has 6 heteroatoms. The van der Waals surface area contributed by atoms with Gasteiger partial charge in [-0.05, 0) is 24.1 Å². The van der Waals surface area contributed by atoms with Crippen LogP contribution >= 0.6 is 0 Å². The number of rotatable bonds is 5. The van der Waals surface area contributed by atoms with Gasteiger partial charge in [-0.15, -0.1) is 5.48 Å². The first-order chi connectivity index (χ1) is 9.11. The molecule has 0 heterocycles. The lowest BCUT2D eigenvalue weighted by atomic mass is 10.1. The molecule has 0 fully saturated rings. The van der Waals surface area contributed by atoms with Gasteiger partial charge < -0.3 is 15.3 Å². The molecule has 3 N–H and O–H groups in total. The lowest BCUT2D eigenvalue weighted by Crippen LogP contribution is -2.27. The van der Waals surface area contributed by atoms with E-state index in [0.717, 1.165) is 5.56 Å². The number of carbonyl (C=O) groups is 2. The van der Waals surface area contributed by atoms with Gasteiger partial charge in [0.25, 0.3) is 0 Å². The predicted octanol–water partition coefficient (Wildman–Crippen LogP) is 1.57. The summed E-state index contributed by atoms with van der Waals surface area (Å²) in [6, 6.07) is 7.20. The smallest absolute Gasteiger partial charge is 0.441 e. The van der Waals surface area contributed by atoms with Crippen LogP contribution in [0, 0.1) is 0 Å². The van der Waals surface area contributed by atoms with Gasteiger partial charge in [-0.3, -0.25) is 0 Å². The van der Waals surface area contributed by atoms with Gasteiger partial charge in [0.2, 0.25) is 0 Å². The standard InChI is InChI=1S/C13H16N2O4/c1-2-8-18-13(17)15-19-12(16)7-6-10-4-3-5-11(14)9-10/h2-5,9H,1,6-8,14H2,(H,15,17). The van der Waals surface area contributed by atoms with Crippen molar-refractivity contribution in [2.75, 3.05) is 12.3 Å². The summed E-state index contributed by atoms with van der Waals surface area (Å²) in [4.78, 5) is 26.8. The molecular weight excluding hydrogens is 248 g/mol. The maximum absolute atomic E-state index is 11.3. The largest absolute Gasteiger partial charge is 0.443 e. The molecule has 0 unspecified atom stereocenters. The van der Waals surface area contributed by atoms with Gasteiger partial charge in [-0.1, -0.05) is 24.8 Å². The number of amides is 1. The molecular formula is C13H16N2O4. The van der Waals surface area contributed by atoms with E-state index in [1.807, 2.05) is 11.5 Å². The van der Waals surface area contributed by atoms with E-state index < -0.39 is 12.1 Å². The maximum atomic E-state index is 11.3. The van der Waals surface area contributed by atoms with Crippen molar-refractivity contribution < 1.29 is 19.2 Å². The van der Waals surface area contributed by atoms with Crippen LogP contribution in [0.15, 0.2) is 36.9 Å². The molecule has 0 saturated heterocycles. The van der Waals surface area contributed by atoms with Crippen LogP contribution in [0.1, 0.15) is 12.0 Å². The quantitative estimate of drug-likeness (QED) is 0.478. The second-order valence-corrected chi connectivity index (χ2v) is 3.71. The van der Waals surface area contributed by atoms with Crippen molar-refractivity contribution in [3.63, 3.8) is 0 Å². The number of hydrogen-bond acceptors (Lipinski definition) is 5. The van der Waals surface area contributed by atoms with Crippen LogP contribution in [0.3, 0.4) is 0 Å². The zero-order chi connectivity index (χ0) is 14.1. The first-order valence-corrected chi connectivity index (χ1v) is 5.69. The van der Waals surface area contributed by atoms with E-state index >= 15 is 0 Å². The number of aryl methyl sites for hydroxylation is 1. The molecule has 6 nitrogen and oxygen atoms in total. The molecule has 102 valence electrons. The number of anilines is 1. The molecule has 1 rings (SSSR count). The number of nitrogens with one attached hydrogen (secondary N) is 1. The first-order valence-electron chi connectivity index (χ1n) is 5.69. The molecule has 0 atom stereocenters. The molecule has 1 amide bonds. The summed E-state index contributed by atoms with van der Waals surface area (Å²) < 4.78 is 4.56. The third-order valence-electron chi connectivity index (χ3n) is 2.15. The number of nitrogen functional groups attached to an aromatic ring is 1. The van der Waals surface area contributed by atoms with E-state index in [-0.39, 0.29) is 13.0 Å². The highest BCUT2D eigenvalue weighted by Gasteiger charge is 2.07. The molecule has 0 radical (unpaired) electrons. The van der Waals surface area contributed by atoms with Crippen LogP contribution in [-0.2, 0) is 20.8 Å². The Labute approximate surface area is 111 Å². The van der Waals surface area contributed by atoms with Crippen molar-refractivity contribution in [2.45, 2.75) is 12.8 Å². The second-order valence-electron chi connectivity index (χ2n) is 3.71. The number of hydroxylamine groups is 1. The summed E-state index contributed by atoms with van der Waals surface area (Å²) in [5, 5.41) is 0. The Morgan fingerprint density at radius 3 is 2.89 bits per heavy atom. The monoisotopic (exact) mass is 264 g/mol. The van der Waals surface area contributed by atoms with Gasteiger partial charge in [0, 0.05) is 5.69 Å². The zero-order valence-corrected chi connectivity index (χ0v) is 10.4. The van der Waals surface area contributed by atoms with Gasteiger partial charge in [0.15, 0.2) is 0 Å². The normalized spacial score (nSPS) is 9.47. The molecule has 0 aliphatic carbocycles. The number of ether oxygens (including phenoxy) is 1. The third kappa shape index (κ3) is 6.11. The maximum Gasteiger partial charge on any atom is 0.441 e. The van der Waals surface area contributed by atoms with E-state index in [1.54, 1.807) is 18.2 Å². The summed E-state index contributed by atoms with van der Waals surface area (Å²) in [6.45, 7) is 3.42. The minimum absolute atomic E-state index is 0.0483. The van der Waals surface area contributed by atoms with E-state index in [1.165, 1.54) is 6.08 Å². The van der Waals surface area contributed by atoms with Crippen molar-refractivity contribution >= 4 is 17.7 Å². The Morgan fingerprint density at radius 1 is 1.42 bits per heavy atom. The highest BCUT2D eigenvalue weighted by molar-refractivity contribution is 5.73. The average Bonchev–Trinajstić information content (AvgIpc) is 2.40. The minimum Gasteiger partial charge on any atom is -0.443 e. The fourth-order valence-electron chi connectivity index (χ4n) is 1.31. The number of nitrogens with two attached hydrogens (primary N) is 1. The van der Waals surface area contributed by atoms with Gasteiger partial charge >= 0.3 is 12.1 Å². The Bertz CT molecular complexity index is 460. The Morgan fingerprint density at radius 2 is 2.21 bits per heavy atom. The Hall–Kier alpha value is -2.50. The molecule has 0 saturated carbocycles. The molecule has 0 aliphatic heterocycles. The van der Waals surface area contributed by atoms with Crippen molar-refractivity contribution in [2.24, 2.45) is 0 Å². The number of carbonyl (C=O) groups excluding carboxylic acids is 2. The summed E-state index contributed by atoms with van der Waals surface area (Å²) >= 11 is 0. The molecule has 0 aromatic heterocycles. The molecule has 0 bridgehead atoms. The average molecular weight is 264 g/mol. The fourth-order valence-corrected chi connectivity index (χ4v) is 1.31. The van der Waals surface area contributed by atoms with Gasteiger partial charge in [-0.25, -0.2) is 9.59 Å². The Balaban J connectivity index is 2.24. The molecule has 1 aromatic carbocycles. The summed E-state index contributed by atoms with van der Waals surface area (Å²) in [5.41, 5.74) is 9.05.